The van der Waals surface area contributed by atoms with Crippen LogP contribution >= 0.6 is 11.6 Å². The largest absolute Gasteiger partial charge is 0.381 e. The zero-order chi connectivity index (χ0) is 17.7. The van der Waals surface area contributed by atoms with Crippen molar-refractivity contribution in [1.29, 1.82) is 0 Å². The first kappa shape index (κ1) is 19.0. The Morgan fingerprint density at radius 3 is 2.83 bits per heavy atom. The number of guanidine groups is 1. The third-order valence-electron chi connectivity index (χ3n) is 4.48. The lowest BCUT2D eigenvalue weighted by atomic mass is 9.84. The molecule has 0 spiro atoms. The van der Waals surface area contributed by atoms with Gasteiger partial charge in [-0.3, -0.25) is 4.99 Å². The molecule has 0 aromatic heterocycles. The van der Waals surface area contributed by atoms with Gasteiger partial charge in [0, 0.05) is 50.1 Å². The van der Waals surface area contributed by atoms with Crippen molar-refractivity contribution in [3.8, 4) is 0 Å². The zero-order valence-electron chi connectivity index (χ0n) is 14.9. The number of hydrogen-bond donors (Lipinski definition) is 1. The van der Waals surface area contributed by atoms with Crippen LogP contribution in [-0.2, 0) is 10.2 Å². The molecule has 0 aliphatic carbocycles. The van der Waals surface area contributed by atoms with Crippen molar-refractivity contribution in [3.05, 3.63) is 34.6 Å². The molecule has 1 N–H and O–H groups in total. The van der Waals surface area contributed by atoms with Gasteiger partial charge >= 0.3 is 0 Å². The maximum atomic E-state index is 13.3. The van der Waals surface area contributed by atoms with Gasteiger partial charge in [0.15, 0.2) is 5.96 Å². The molecule has 1 aliphatic heterocycles. The zero-order valence-corrected chi connectivity index (χ0v) is 15.7. The number of benzene rings is 1. The minimum Gasteiger partial charge on any atom is -0.381 e. The molecule has 1 atom stereocenters. The average molecular weight is 356 g/mol. The van der Waals surface area contributed by atoms with E-state index in [1.165, 1.54) is 12.1 Å². The van der Waals surface area contributed by atoms with Crippen LogP contribution in [0.2, 0.25) is 5.02 Å². The third-order valence-corrected chi connectivity index (χ3v) is 4.79. The molecule has 1 unspecified atom stereocenters. The van der Waals surface area contributed by atoms with E-state index in [0.29, 0.717) is 17.5 Å². The van der Waals surface area contributed by atoms with Crippen molar-refractivity contribution in [1.82, 2.24) is 10.2 Å². The Hall–Kier alpha value is -1.33. The number of nitrogens with zero attached hydrogens (tertiary/aromatic N) is 2. The smallest absolute Gasteiger partial charge is 0.193 e. The second-order valence-electron chi connectivity index (χ2n) is 7.02. The van der Waals surface area contributed by atoms with E-state index in [9.17, 15) is 4.39 Å². The summed E-state index contributed by atoms with van der Waals surface area (Å²) in [6, 6.07) is 4.56. The predicted octanol–water partition coefficient (Wildman–Crippen LogP) is 3.30. The standard InChI is InChI=1S/C18H27ClFN3O/c1-18(2,15-6-5-14(20)9-16(15)19)12-22-17(21-3)23(4)10-13-7-8-24-11-13/h5-6,9,13H,7-8,10-12H2,1-4H3,(H,21,22). The van der Waals surface area contributed by atoms with Gasteiger partial charge < -0.3 is 15.0 Å². The summed E-state index contributed by atoms with van der Waals surface area (Å²) in [5.74, 6) is 1.07. The first-order valence-corrected chi connectivity index (χ1v) is 8.66. The van der Waals surface area contributed by atoms with Crippen molar-refractivity contribution >= 4 is 17.6 Å². The Balaban J connectivity index is 1.98. The normalized spacial score (nSPS) is 18.8. The van der Waals surface area contributed by atoms with E-state index in [4.69, 9.17) is 16.3 Å². The van der Waals surface area contributed by atoms with Gasteiger partial charge in [-0.15, -0.1) is 0 Å². The summed E-state index contributed by atoms with van der Waals surface area (Å²) in [7, 11) is 3.81. The molecule has 1 fully saturated rings. The van der Waals surface area contributed by atoms with Crippen LogP contribution in [0.5, 0.6) is 0 Å². The molecule has 6 heteroatoms. The van der Waals surface area contributed by atoms with Crippen molar-refractivity contribution in [3.63, 3.8) is 0 Å². The fraction of sp³-hybridized carbons (Fsp3) is 0.611. The molecule has 4 nitrogen and oxygen atoms in total. The van der Waals surface area contributed by atoms with Gasteiger partial charge in [0.2, 0.25) is 0 Å². The first-order valence-electron chi connectivity index (χ1n) is 8.28. The van der Waals surface area contributed by atoms with E-state index in [1.807, 2.05) is 7.05 Å². The fourth-order valence-corrected chi connectivity index (χ4v) is 3.44. The molecule has 0 bridgehead atoms. The highest BCUT2D eigenvalue weighted by atomic mass is 35.5. The Kier molecular flexibility index (Phi) is 6.47. The van der Waals surface area contributed by atoms with Gasteiger partial charge in [-0.25, -0.2) is 4.39 Å². The molecular formula is C18H27ClFN3O. The van der Waals surface area contributed by atoms with E-state index in [2.05, 4.69) is 29.1 Å². The molecular weight excluding hydrogens is 329 g/mol. The maximum Gasteiger partial charge on any atom is 0.193 e. The minimum atomic E-state index is -0.318. The van der Waals surface area contributed by atoms with E-state index in [-0.39, 0.29) is 11.2 Å². The summed E-state index contributed by atoms with van der Waals surface area (Å²) in [6.45, 7) is 7.39. The Bertz CT molecular complexity index is 586. The lowest BCUT2D eigenvalue weighted by Gasteiger charge is -2.30. The highest BCUT2D eigenvalue weighted by Crippen LogP contribution is 2.30. The number of ether oxygens (including phenoxy) is 1. The van der Waals surface area contributed by atoms with E-state index in [0.717, 1.165) is 37.7 Å². The second kappa shape index (κ2) is 8.17. The lowest BCUT2D eigenvalue weighted by molar-refractivity contribution is 0.181. The van der Waals surface area contributed by atoms with Crippen molar-refractivity contribution < 1.29 is 9.13 Å². The maximum absolute atomic E-state index is 13.3. The van der Waals surface area contributed by atoms with Gasteiger partial charge in [-0.2, -0.15) is 0 Å². The summed E-state index contributed by atoms with van der Waals surface area (Å²) < 4.78 is 18.7. The van der Waals surface area contributed by atoms with Crippen molar-refractivity contribution in [2.24, 2.45) is 10.9 Å². The Morgan fingerprint density at radius 1 is 1.50 bits per heavy atom. The minimum absolute atomic E-state index is 0.252. The van der Waals surface area contributed by atoms with Gasteiger partial charge in [-0.05, 0) is 24.1 Å². The molecule has 2 rings (SSSR count). The first-order chi connectivity index (χ1) is 11.3. The molecule has 0 saturated carbocycles. The van der Waals surface area contributed by atoms with Crippen LogP contribution in [0.1, 0.15) is 25.8 Å². The molecule has 1 heterocycles. The van der Waals surface area contributed by atoms with E-state index >= 15 is 0 Å². The SMILES string of the molecule is CN=C(NCC(C)(C)c1ccc(F)cc1Cl)N(C)CC1CCOC1. The van der Waals surface area contributed by atoms with Crippen LogP contribution in [0.25, 0.3) is 0 Å². The van der Waals surface area contributed by atoms with Crippen LogP contribution in [0.3, 0.4) is 0 Å². The number of hydrogen-bond acceptors (Lipinski definition) is 2. The summed E-state index contributed by atoms with van der Waals surface area (Å²) in [5, 5.41) is 3.86. The van der Waals surface area contributed by atoms with Crippen LogP contribution in [0, 0.1) is 11.7 Å². The molecule has 0 radical (unpaired) electrons. The van der Waals surface area contributed by atoms with E-state index in [1.54, 1.807) is 13.1 Å². The Morgan fingerprint density at radius 2 is 2.25 bits per heavy atom. The fourth-order valence-electron chi connectivity index (χ4n) is 3.02. The number of aliphatic imine (C=N–C) groups is 1. The lowest BCUT2D eigenvalue weighted by Crippen LogP contribution is -2.45. The molecule has 0 amide bonds. The van der Waals surface area contributed by atoms with Crippen LogP contribution in [-0.4, -0.2) is 51.3 Å². The summed E-state index contributed by atoms with van der Waals surface area (Å²) in [6.07, 6.45) is 1.10. The summed E-state index contributed by atoms with van der Waals surface area (Å²) in [5.41, 5.74) is 0.665. The summed E-state index contributed by atoms with van der Waals surface area (Å²) in [4.78, 5) is 6.49. The highest BCUT2D eigenvalue weighted by Gasteiger charge is 2.25. The number of halogens is 2. The second-order valence-corrected chi connectivity index (χ2v) is 7.43. The monoisotopic (exact) mass is 355 g/mol. The molecule has 1 aliphatic rings. The van der Waals surface area contributed by atoms with E-state index < -0.39 is 0 Å². The van der Waals surface area contributed by atoms with Gasteiger partial charge in [-0.1, -0.05) is 31.5 Å². The topological polar surface area (TPSA) is 36.9 Å². The number of rotatable bonds is 5. The van der Waals surface area contributed by atoms with Crippen molar-refractivity contribution in [2.75, 3.05) is 40.4 Å². The number of nitrogens with one attached hydrogen (secondary N) is 1. The van der Waals surface area contributed by atoms with Crippen LogP contribution in [0.15, 0.2) is 23.2 Å². The third kappa shape index (κ3) is 4.84. The van der Waals surface area contributed by atoms with Crippen molar-refractivity contribution in [2.45, 2.75) is 25.7 Å². The molecule has 24 heavy (non-hydrogen) atoms. The predicted molar refractivity (Wildman–Crippen MR) is 97.4 cm³/mol. The quantitative estimate of drug-likeness (QED) is 0.650. The van der Waals surface area contributed by atoms with Crippen LogP contribution < -0.4 is 5.32 Å². The molecule has 1 aromatic carbocycles. The summed E-state index contributed by atoms with van der Waals surface area (Å²) >= 11 is 6.22. The highest BCUT2D eigenvalue weighted by molar-refractivity contribution is 6.31. The average Bonchev–Trinajstić information content (AvgIpc) is 3.00. The van der Waals surface area contributed by atoms with Gasteiger partial charge in [0.1, 0.15) is 5.82 Å². The molecule has 134 valence electrons. The van der Waals surface area contributed by atoms with Crippen LogP contribution in [0.4, 0.5) is 4.39 Å². The molecule has 1 aromatic rings. The Labute approximate surface area is 149 Å². The van der Waals surface area contributed by atoms with Gasteiger partial charge in [0.05, 0.1) is 6.61 Å². The van der Waals surface area contributed by atoms with Gasteiger partial charge in [0.25, 0.3) is 0 Å². The molecule has 1 saturated heterocycles.